The number of nitrogens with one attached hydrogen (secondary N) is 1. The third kappa shape index (κ3) is 4.60. The Labute approximate surface area is 167 Å². The second-order valence-electron chi connectivity index (χ2n) is 7.21. The third-order valence-corrected chi connectivity index (χ3v) is 5.15. The van der Waals surface area contributed by atoms with Crippen molar-refractivity contribution in [1.29, 1.82) is 0 Å². The molecule has 2 aromatic carbocycles. The van der Waals surface area contributed by atoms with E-state index >= 15 is 0 Å². The predicted octanol–water partition coefficient (Wildman–Crippen LogP) is 3.77. The number of hydrogen-bond acceptors (Lipinski definition) is 5. The highest BCUT2D eigenvalue weighted by atomic mass is 15.3. The summed E-state index contributed by atoms with van der Waals surface area (Å²) in [7, 11) is 0. The summed E-state index contributed by atoms with van der Waals surface area (Å²) in [4.78, 5) is 13.9. The largest absolute Gasteiger partial charge is 0.368 e. The minimum Gasteiger partial charge on any atom is -0.368 e. The molecule has 0 atom stereocenters. The van der Waals surface area contributed by atoms with Crippen molar-refractivity contribution in [3.8, 4) is 0 Å². The standard InChI is InChI=1S/C23H27N5/c1-19-6-5-9-21(18-19)27-14-16-28(17-15-27)22-11-13-25-23(26-22)24-12-10-20-7-3-2-4-8-20/h2-9,11,13,18H,10,12,14-17H2,1H3,(H,24,25,26). The van der Waals surface area contributed by atoms with Gasteiger partial charge in [-0.05, 0) is 42.7 Å². The fraction of sp³-hybridized carbons (Fsp3) is 0.304. The van der Waals surface area contributed by atoms with Gasteiger partial charge in [0.05, 0.1) is 0 Å². The van der Waals surface area contributed by atoms with E-state index in [9.17, 15) is 0 Å². The van der Waals surface area contributed by atoms with E-state index < -0.39 is 0 Å². The molecular formula is C23H27N5. The van der Waals surface area contributed by atoms with Gasteiger partial charge in [0.15, 0.2) is 0 Å². The number of hydrogen-bond donors (Lipinski definition) is 1. The van der Waals surface area contributed by atoms with Crippen LogP contribution in [0.1, 0.15) is 11.1 Å². The minimum absolute atomic E-state index is 0.703. The second-order valence-corrected chi connectivity index (χ2v) is 7.21. The van der Waals surface area contributed by atoms with E-state index in [-0.39, 0.29) is 0 Å². The Morgan fingerprint density at radius 3 is 2.46 bits per heavy atom. The summed E-state index contributed by atoms with van der Waals surface area (Å²) in [5.41, 5.74) is 3.94. The second kappa shape index (κ2) is 8.74. The van der Waals surface area contributed by atoms with Crippen LogP contribution in [0.5, 0.6) is 0 Å². The molecule has 0 radical (unpaired) electrons. The van der Waals surface area contributed by atoms with Crippen LogP contribution in [0.25, 0.3) is 0 Å². The molecule has 5 heteroatoms. The van der Waals surface area contributed by atoms with Gasteiger partial charge in [0.2, 0.25) is 5.95 Å². The number of rotatable bonds is 6. The zero-order valence-electron chi connectivity index (χ0n) is 16.4. The molecule has 1 aliphatic rings. The highest BCUT2D eigenvalue weighted by molar-refractivity contribution is 5.51. The average Bonchev–Trinajstić information content (AvgIpc) is 2.75. The van der Waals surface area contributed by atoms with Gasteiger partial charge in [0.25, 0.3) is 0 Å². The van der Waals surface area contributed by atoms with Gasteiger partial charge in [-0.3, -0.25) is 0 Å². The first kappa shape index (κ1) is 18.3. The first-order valence-electron chi connectivity index (χ1n) is 9.95. The monoisotopic (exact) mass is 373 g/mol. The van der Waals surface area contributed by atoms with Gasteiger partial charge in [-0.1, -0.05) is 42.5 Å². The first-order chi connectivity index (χ1) is 13.8. The van der Waals surface area contributed by atoms with Crippen LogP contribution in [0.4, 0.5) is 17.5 Å². The van der Waals surface area contributed by atoms with Gasteiger partial charge in [0.1, 0.15) is 5.82 Å². The third-order valence-electron chi connectivity index (χ3n) is 5.15. The van der Waals surface area contributed by atoms with Gasteiger partial charge in [0, 0.05) is 44.6 Å². The smallest absolute Gasteiger partial charge is 0.224 e. The fourth-order valence-corrected chi connectivity index (χ4v) is 3.59. The molecule has 0 bridgehead atoms. The van der Waals surface area contributed by atoms with Crippen molar-refractivity contribution in [3.05, 3.63) is 78.0 Å². The molecule has 1 N–H and O–H groups in total. The molecule has 1 fully saturated rings. The number of benzene rings is 2. The van der Waals surface area contributed by atoms with Crippen molar-refractivity contribution in [1.82, 2.24) is 9.97 Å². The summed E-state index contributed by atoms with van der Waals surface area (Å²) < 4.78 is 0. The van der Waals surface area contributed by atoms with Crippen LogP contribution in [0, 0.1) is 6.92 Å². The molecule has 0 saturated carbocycles. The quantitative estimate of drug-likeness (QED) is 0.713. The van der Waals surface area contributed by atoms with Crippen molar-refractivity contribution in [2.75, 3.05) is 47.8 Å². The van der Waals surface area contributed by atoms with E-state index in [1.54, 1.807) is 0 Å². The molecule has 144 valence electrons. The summed E-state index contributed by atoms with van der Waals surface area (Å²) in [6, 6.07) is 21.2. The van der Waals surface area contributed by atoms with Crippen molar-refractivity contribution < 1.29 is 0 Å². The molecule has 28 heavy (non-hydrogen) atoms. The lowest BCUT2D eigenvalue weighted by molar-refractivity contribution is 0.647. The van der Waals surface area contributed by atoms with Crippen molar-refractivity contribution >= 4 is 17.5 Å². The lowest BCUT2D eigenvalue weighted by atomic mass is 10.1. The molecule has 0 spiro atoms. The first-order valence-corrected chi connectivity index (χ1v) is 9.95. The summed E-state index contributed by atoms with van der Waals surface area (Å²) >= 11 is 0. The molecule has 1 aromatic heterocycles. The molecular weight excluding hydrogens is 346 g/mol. The van der Waals surface area contributed by atoms with Gasteiger partial charge >= 0.3 is 0 Å². The van der Waals surface area contributed by atoms with Crippen LogP contribution in [-0.2, 0) is 6.42 Å². The Bertz CT molecular complexity index is 888. The summed E-state index contributed by atoms with van der Waals surface area (Å²) in [5.74, 6) is 1.70. The zero-order chi connectivity index (χ0) is 19.2. The van der Waals surface area contributed by atoms with E-state index in [2.05, 4.69) is 75.6 Å². The Morgan fingerprint density at radius 1 is 0.893 bits per heavy atom. The van der Waals surface area contributed by atoms with Crippen LogP contribution in [0.2, 0.25) is 0 Å². The molecule has 5 nitrogen and oxygen atoms in total. The number of aryl methyl sites for hydroxylation is 1. The maximum Gasteiger partial charge on any atom is 0.224 e. The van der Waals surface area contributed by atoms with Crippen LogP contribution < -0.4 is 15.1 Å². The topological polar surface area (TPSA) is 44.3 Å². The molecule has 0 amide bonds. The molecule has 2 heterocycles. The van der Waals surface area contributed by atoms with E-state index in [1.807, 2.05) is 18.3 Å². The molecule has 0 unspecified atom stereocenters. The summed E-state index contributed by atoms with van der Waals surface area (Å²) in [6.07, 6.45) is 2.81. The summed E-state index contributed by atoms with van der Waals surface area (Å²) in [5, 5.41) is 3.35. The maximum atomic E-state index is 4.72. The number of nitrogens with zero attached hydrogens (tertiary/aromatic N) is 4. The Balaban J connectivity index is 1.32. The zero-order valence-corrected chi connectivity index (χ0v) is 16.4. The fourth-order valence-electron chi connectivity index (χ4n) is 3.59. The van der Waals surface area contributed by atoms with Crippen molar-refractivity contribution in [2.24, 2.45) is 0 Å². The van der Waals surface area contributed by atoms with Crippen molar-refractivity contribution in [2.45, 2.75) is 13.3 Å². The number of aromatic nitrogens is 2. The summed E-state index contributed by atoms with van der Waals surface area (Å²) in [6.45, 7) is 6.92. The van der Waals surface area contributed by atoms with Gasteiger partial charge in [-0.25, -0.2) is 4.98 Å². The maximum absolute atomic E-state index is 4.72. The SMILES string of the molecule is Cc1cccc(N2CCN(c3ccnc(NCCc4ccccc4)n3)CC2)c1. The molecule has 1 aliphatic heterocycles. The number of piperazine rings is 1. The highest BCUT2D eigenvalue weighted by Gasteiger charge is 2.18. The molecule has 4 rings (SSSR count). The van der Waals surface area contributed by atoms with Gasteiger partial charge in [-0.2, -0.15) is 4.98 Å². The molecule has 0 aliphatic carbocycles. The number of anilines is 3. The van der Waals surface area contributed by atoms with Crippen LogP contribution in [0.15, 0.2) is 66.9 Å². The molecule has 3 aromatic rings. The Hall–Kier alpha value is -3.08. The van der Waals surface area contributed by atoms with Gasteiger partial charge in [-0.15, -0.1) is 0 Å². The Kier molecular flexibility index (Phi) is 5.71. The lowest BCUT2D eigenvalue weighted by Gasteiger charge is -2.36. The van der Waals surface area contributed by atoms with E-state index in [0.717, 1.165) is 45.0 Å². The molecule has 1 saturated heterocycles. The lowest BCUT2D eigenvalue weighted by Crippen LogP contribution is -2.46. The normalized spacial score (nSPS) is 14.2. The van der Waals surface area contributed by atoms with E-state index in [0.29, 0.717) is 5.95 Å². The minimum atomic E-state index is 0.703. The van der Waals surface area contributed by atoms with Gasteiger partial charge < -0.3 is 15.1 Å². The van der Waals surface area contributed by atoms with Crippen LogP contribution >= 0.6 is 0 Å². The predicted molar refractivity (Wildman–Crippen MR) is 116 cm³/mol. The van der Waals surface area contributed by atoms with Crippen LogP contribution in [-0.4, -0.2) is 42.7 Å². The van der Waals surface area contributed by atoms with E-state index in [1.165, 1.54) is 16.8 Å². The van der Waals surface area contributed by atoms with Crippen LogP contribution in [0.3, 0.4) is 0 Å². The highest BCUT2D eigenvalue weighted by Crippen LogP contribution is 2.20. The Morgan fingerprint density at radius 2 is 1.68 bits per heavy atom. The average molecular weight is 374 g/mol. The van der Waals surface area contributed by atoms with Crippen molar-refractivity contribution in [3.63, 3.8) is 0 Å². The van der Waals surface area contributed by atoms with E-state index in [4.69, 9.17) is 4.98 Å².